The van der Waals surface area contributed by atoms with E-state index in [2.05, 4.69) is 15.5 Å². The van der Waals surface area contributed by atoms with Gasteiger partial charge in [0, 0.05) is 30.3 Å². The van der Waals surface area contributed by atoms with Crippen LogP contribution in [0.4, 0.5) is 10.1 Å². The first-order valence-electron chi connectivity index (χ1n) is 10.1. The third kappa shape index (κ3) is 4.58. The molecule has 0 unspecified atom stereocenters. The normalized spacial score (nSPS) is 14.3. The van der Waals surface area contributed by atoms with E-state index in [4.69, 9.17) is 4.74 Å². The van der Waals surface area contributed by atoms with Crippen molar-refractivity contribution < 1.29 is 18.7 Å². The fraction of sp³-hybridized carbons (Fsp3) is 0.261. The first-order valence-corrected chi connectivity index (χ1v) is 10.1. The minimum Gasteiger partial charge on any atom is -0.497 e. The second kappa shape index (κ2) is 8.99. The Morgan fingerprint density at radius 1 is 1.13 bits per heavy atom. The van der Waals surface area contributed by atoms with Crippen LogP contribution in [0.25, 0.3) is 0 Å². The molecule has 31 heavy (non-hydrogen) atoms. The lowest BCUT2D eigenvalue weighted by Crippen LogP contribution is -2.38. The molecule has 0 spiro atoms. The molecule has 0 aliphatic carbocycles. The molecule has 7 nitrogen and oxygen atoms in total. The number of piperidine rings is 1. The Balaban J connectivity index is 1.36. The van der Waals surface area contributed by atoms with Gasteiger partial charge in [0.1, 0.15) is 11.6 Å². The average molecular weight is 422 g/mol. The van der Waals surface area contributed by atoms with Crippen LogP contribution in [-0.2, 0) is 0 Å². The van der Waals surface area contributed by atoms with Crippen molar-refractivity contribution in [3.63, 3.8) is 0 Å². The number of rotatable bonds is 5. The van der Waals surface area contributed by atoms with Crippen molar-refractivity contribution in [2.24, 2.45) is 0 Å². The largest absolute Gasteiger partial charge is 0.497 e. The van der Waals surface area contributed by atoms with Gasteiger partial charge < -0.3 is 15.0 Å². The Hall–Kier alpha value is -3.68. The van der Waals surface area contributed by atoms with Crippen LogP contribution in [0, 0.1) is 5.82 Å². The molecule has 4 rings (SSSR count). The summed E-state index contributed by atoms with van der Waals surface area (Å²) in [7, 11) is 1.57. The van der Waals surface area contributed by atoms with Gasteiger partial charge in [-0.25, -0.2) is 4.39 Å². The number of amides is 2. The number of methoxy groups -OCH3 is 1. The van der Waals surface area contributed by atoms with Gasteiger partial charge in [-0.15, -0.1) is 0 Å². The molecule has 3 aromatic rings. The number of halogens is 1. The SMILES string of the molecule is COc1cccc(C(=O)N2CCC(c3cc(C(=O)Nc4ccccc4F)n[nH]3)CC2)c1. The second-order valence-electron chi connectivity index (χ2n) is 7.44. The number of aromatic nitrogens is 2. The highest BCUT2D eigenvalue weighted by Gasteiger charge is 2.26. The molecule has 2 amide bonds. The maximum absolute atomic E-state index is 13.7. The zero-order chi connectivity index (χ0) is 21.8. The zero-order valence-corrected chi connectivity index (χ0v) is 17.1. The summed E-state index contributed by atoms with van der Waals surface area (Å²) in [6.07, 6.45) is 1.51. The number of H-pyrrole nitrogens is 1. The highest BCUT2D eigenvalue weighted by Crippen LogP contribution is 2.28. The van der Waals surface area contributed by atoms with E-state index in [0.717, 1.165) is 18.5 Å². The molecular formula is C23H23FN4O3. The number of nitrogens with zero attached hydrogens (tertiary/aromatic N) is 2. The predicted octanol–water partition coefficient (Wildman–Crippen LogP) is 3.83. The number of aromatic amines is 1. The van der Waals surface area contributed by atoms with Gasteiger partial charge in [-0.05, 0) is 49.2 Å². The van der Waals surface area contributed by atoms with Crippen molar-refractivity contribution >= 4 is 17.5 Å². The highest BCUT2D eigenvalue weighted by atomic mass is 19.1. The second-order valence-corrected chi connectivity index (χ2v) is 7.44. The average Bonchev–Trinajstić information content (AvgIpc) is 3.31. The summed E-state index contributed by atoms with van der Waals surface area (Å²) in [4.78, 5) is 27.0. The Kier molecular flexibility index (Phi) is 5.97. The molecule has 1 aliphatic rings. The Bertz CT molecular complexity index is 1090. The maximum Gasteiger partial charge on any atom is 0.276 e. The number of likely N-dealkylation sites (tertiary alicyclic amines) is 1. The number of carbonyl (C=O) groups is 2. The van der Waals surface area contributed by atoms with Gasteiger partial charge in [0.25, 0.3) is 11.8 Å². The smallest absolute Gasteiger partial charge is 0.276 e. The van der Waals surface area contributed by atoms with Gasteiger partial charge in [0.05, 0.1) is 12.8 Å². The molecule has 8 heteroatoms. The van der Waals surface area contributed by atoms with E-state index in [1.807, 2.05) is 4.90 Å². The van der Waals surface area contributed by atoms with Crippen molar-refractivity contribution in [2.45, 2.75) is 18.8 Å². The number of carbonyl (C=O) groups excluding carboxylic acids is 2. The van der Waals surface area contributed by atoms with Gasteiger partial charge in [-0.3, -0.25) is 14.7 Å². The molecule has 1 fully saturated rings. The quantitative estimate of drug-likeness (QED) is 0.654. The summed E-state index contributed by atoms with van der Waals surface area (Å²) < 4.78 is 18.9. The molecular weight excluding hydrogens is 399 g/mol. The lowest BCUT2D eigenvalue weighted by Gasteiger charge is -2.31. The van der Waals surface area contributed by atoms with E-state index >= 15 is 0 Å². The number of nitrogens with one attached hydrogen (secondary N) is 2. The predicted molar refractivity (Wildman–Crippen MR) is 114 cm³/mol. The van der Waals surface area contributed by atoms with E-state index in [1.54, 1.807) is 49.6 Å². The summed E-state index contributed by atoms with van der Waals surface area (Å²) in [5.41, 5.74) is 1.76. The third-order valence-corrected chi connectivity index (χ3v) is 5.49. The Labute approximate surface area is 179 Å². The molecule has 2 N–H and O–H groups in total. The van der Waals surface area contributed by atoms with Crippen LogP contribution in [0.1, 0.15) is 45.3 Å². The highest BCUT2D eigenvalue weighted by molar-refractivity contribution is 6.03. The van der Waals surface area contributed by atoms with E-state index in [9.17, 15) is 14.0 Å². The van der Waals surface area contributed by atoms with E-state index < -0.39 is 11.7 Å². The topological polar surface area (TPSA) is 87.3 Å². The monoisotopic (exact) mass is 422 g/mol. The number of anilines is 1. The number of hydrogen-bond acceptors (Lipinski definition) is 4. The van der Waals surface area contributed by atoms with Crippen LogP contribution in [-0.4, -0.2) is 47.1 Å². The van der Waals surface area contributed by atoms with E-state index in [0.29, 0.717) is 24.4 Å². The zero-order valence-electron chi connectivity index (χ0n) is 17.1. The van der Waals surface area contributed by atoms with Crippen molar-refractivity contribution in [1.29, 1.82) is 0 Å². The van der Waals surface area contributed by atoms with Gasteiger partial charge in [0.15, 0.2) is 5.69 Å². The molecule has 1 aromatic heterocycles. The van der Waals surface area contributed by atoms with Crippen molar-refractivity contribution in [3.8, 4) is 5.75 Å². The van der Waals surface area contributed by atoms with Gasteiger partial charge in [-0.2, -0.15) is 5.10 Å². The molecule has 1 aliphatic heterocycles. The van der Waals surface area contributed by atoms with Gasteiger partial charge >= 0.3 is 0 Å². The fourth-order valence-corrected chi connectivity index (χ4v) is 3.74. The molecule has 2 heterocycles. The molecule has 2 aromatic carbocycles. The maximum atomic E-state index is 13.7. The lowest BCUT2D eigenvalue weighted by atomic mass is 9.93. The van der Waals surface area contributed by atoms with Crippen molar-refractivity contribution in [2.75, 3.05) is 25.5 Å². The van der Waals surface area contributed by atoms with Crippen LogP contribution in [0.2, 0.25) is 0 Å². The number of para-hydroxylation sites is 1. The Morgan fingerprint density at radius 3 is 2.65 bits per heavy atom. The molecule has 1 saturated heterocycles. The molecule has 0 radical (unpaired) electrons. The minimum absolute atomic E-state index is 0.0214. The summed E-state index contributed by atoms with van der Waals surface area (Å²) in [5, 5.41) is 9.54. The molecule has 0 atom stereocenters. The standard InChI is InChI=1S/C23H23FN4O3/c1-31-17-6-4-5-16(13-17)23(30)28-11-9-15(10-12-28)20-14-21(27-26-20)22(29)25-19-8-3-2-7-18(19)24/h2-8,13-15H,9-12H2,1H3,(H,25,29)(H,26,27). The lowest BCUT2D eigenvalue weighted by molar-refractivity contribution is 0.0711. The Morgan fingerprint density at radius 2 is 1.90 bits per heavy atom. The first-order chi connectivity index (χ1) is 15.0. The number of hydrogen-bond donors (Lipinski definition) is 2. The third-order valence-electron chi connectivity index (χ3n) is 5.49. The minimum atomic E-state index is -0.500. The molecule has 160 valence electrons. The first kappa shape index (κ1) is 20.6. The summed E-state index contributed by atoms with van der Waals surface area (Å²) in [5.74, 6) is -0.180. The molecule has 0 bridgehead atoms. The fourth-order valence-electron chi connectivity index (χ4n) is 3.74. The molecule has 0 saturated carbocycles. The van der Waals surface area contributed by atoms with Crippen LogP contribution < -0.4 is 10.1 Å². The van der Waals surface area contributed by atoms with Gasteiger partial charge in [-0.1, -0.05) is 18.2 Å². The van der Waals surface area contributed by atoms with Crippen LogP contribution in [0.5, 0.6) is 5.75 Å². The van der Waals surface area contributed by atoms with E-state index in [-0.39, 0.29) is 23.2 Å². The van der Waals surface area contributed by atoms with Crippen molar-refractivity contribution in [1.82, 2.24) is 15.1 Å². The van der Waals surface area contributed by atoms with Crippen LogP contribution in [0.15, 0.2) is 54.6 Å². The summed E-state index contributed by atoms with van der Waals surface area (Å²) in [6.45, 7) is 1.22. The number of benzene rings is 2. The van der Waals surface area contributed by atoms with Crippen LogP contribution in [0.3, 0.4) is 0 Å². The summed E-state index contributed by atoms with van der Waals surface area (Å²) in [6, 6.07) is 14.8. The van der Waals surface area contributed by atoms with E-state index in [1.165, 1.54) is 12.1 Å². The van der Waals surface area contributed by atoms with Crippen LogP contribution >= 0.6 is 0 Å². The number of ether oxygens (including phenoxy) is 1. The van der Waals surface area contributed by atoms with Gasteiger partial charge in [0.2, 0.25) is 0 Å². The summed E-state index contributed by atoms with van der Waals surface area (Å²) >= 11 is 0. The van der Waals surface area contributed by atoms with Crippen molar-refractivity contribution in [3.05, 3.63) is 77.4 Å².